The van der Waals surface area contributed by atoms with E-state index in [2.05, 4.69) is 54.2 Å². The minimum atomic E-state index is 0.267. The van der Waals surface area contributed by atoms with Crippen LogP contribution in [-0.2, 0) is 12.1 Å². The molecule has 1 N–H and O–H groups in total. The largest absolute Gasteiger partial charge is 0.348 e. The van der Waals surface area contributed by atoms with Crippen LogP contribution in [-0.4, -0.2) is 27.3 Å². The lowest BCUT2D eigenvalue weighted by molar-refractivity contribution is 0.117. The Bertz CT molecular complexity index is 327. The predicted octanol–water partition coefficient (Wildman–Crippen LogP) is 0.952. The maximum Gasteiger partial charge on any atom is 0.0862 e. The molecule has 1 spiro atoms. The molecule has 1 saturated heterocycles. The first kappa shape index (κ1) is 8.26. The normalized spacial score (nSPS) is 25.6. The van der Waals surface area contributed by atoms with Gasteiger partial charge in [-0.15, -0.1) is 0 Å². The van der Waals surface area contributed by atoms with Gasteiger partial charge in [0.15, 0.2) is 0 Å². The highest BCUT2D eigenvalue weighted by molar-refractivity contribution is 14.1. The zero-order valence-electron chi connectivity index (χ0n) is 7.33. The van der Waals surface area contributed by atoms with Crippen molar-refractivity contribution in [1.82, 2.24) is 13.0 Å². The lowest BCUT2D eigenvalue weighted by Crippen LogP contribution is -2.66. The van der Waals surface area contributed by atoms with Crippen LogP contribution in [0.1, 0.15) is 5.69 Å². The van der Waals surface area contributed by atoms with Crippen LogP contribution in [0.5, 0.6) is 0 Å². The summed E-state index contributed by atoms with van der Waals surface area (Å²) in [5.74, 6) is 0. The summed E-state index contributed by atoms with van der Waals surface area (Å²) in [7, 11) is 0. The van der Waals surface area contributed by atoms with E-state index in [9.17, 15) is 0 Å². The molecule has 4 heteroatoms. The second kappa shape index (κ2) is 2.71. The molecule has 0 aliphatic carbocycles. The number of rotatable bonds is 0. The Morgan fingerprint density at radius 1 is 1.46 bits per heavy atom. The van der Waals surface area contributed by atoms with Crippen molar-refractivity contribution in [3.05, 3.63) is 24.0 Å². The van der Waals surface area contributed by atoms with Gasteiger partial charge in [-0.2, -0.15) is 0 Å². The van der Waals surface area contributed by atoms with Crippen LogP contribution < -0.4 is 5.32 Å². The summed E-state index contributed by atoms with van der Waals surface area (Å²) in [6, 6.07) is 4.40. The Labute approximate surface area is 91.6 Å². The van der Waals surface area contributed by atoms with Gasteiger partial charge in [0, 0.05) is 60.9 Å². The number of hydrogen-bond acceptors (Lipinski definition) is 2. The lowest BCUT2D eigenvalue weighted by Gasteiger charge is -2.50. The van der Waals surface area contributed by atoms with E-state index in [1.54, 1.807) is 0 Å². The third kappa shape index (κ3) is 1.08. The van der Waals surface area contributed by atoms with Crippen molar-refractivity contribution in [3.8, 4) is 0 Å². The molecule has 0 saturated carbocycles. The van der Waals surface area contributed by atoms with Gasteiger partial charge in [-0.1, -0.05) is 0 Å². The first-order valence-electron chi connectivity index (χ1n) is 4.62. The Morgan fingerprint density at radius 2 is 2.31 bits per heavy atom. The van der Waals surface area contributed by atoms with E-state index in [0.717, 1.165) is 26.2 Å². The van der Waals surface area contributed by atoms with Gasteiger partial charge < -0.3 is 9.88 Å². The second-order valence-electron chi connectivity index (χ2n) is 3.87. The van der Waals surface area contributed by atoms with Gasteiger partial charge in [-0.3, -0.25) is 0 Å². The summed E-state index contributed by atoms with van der Waals surface area (Å²) in [6.45, 7) is 4.49. The van der Waals surface area contributed by atoms with Crippen LogP contribution in [0.4, 0.5) is 0 Å². The van der Waals surface area contributed by atoms with E-state index in [0.29, 0.717) is 0 Å². The monoisotopic (exact) mass is 289 g/mol. The fourth-order valence-electron chi connectivity index (χ4n) is 2.36. The molecule has 70 valence electrons. The molecular weight excluding hydrogens is 277 g/mol. The average Bonchev–Trinajstić information content (AvgIpc) is 2.50. The molecule has 0 amide bonds. The number of hydrogen-bond donors (Lipinski definition) is 1. The first-order valence-corrected chi connectivity index (χ1v) is 5.58. The SMILES string of the molecule is IN1CC2(C1)NCCn1cccc12. The van der Waals surface area contributed by atoms with E-state index < -0.39 is 0 Å². The summed E-state index contributed by atoms with van der Waals surface area (Å²) in [6.07, 6.45) is 2.19. The molecule has 1 fully saturated rings. The summed E-state index contributed by atoms with van der Waals surface area (Å²) >= 11 is 2.39. The number of aromatic nitrogens is 1. The first-order chi connectivity index (χ1) is 6.30. The number of nitrogens with one attached hydrogen (secondary N) is 1. The zero-order chi connectivity index (χ0) is 8.89. The zero-order valence-corrected chi connectivity index (χ0v) is 9.49. The topological polar surface area (TPSA) is 20.2 Å². The van der Waals surface area contributed by atoms with E-state index >= 15 is 0 Å². The highest BCUT2D eigenvalue weighted by Gasteiger charge is 2.46. The molecule has 3 nitrogen and oxygen atoms in total. The van der Waals surface area contributed by atoms with E-state index in [1.165, 1.54) is 5.69 Å². The van der Waals surface area contributed by atoms with E-state index in [-0.39, 0.29) is 5.54 Å². The van der Waals surface area contributed by atoms with Gasteiger partial charge in [0.25, 0.3) is 0 Å². The Hall–Kier alpha value is -0.0700. The highest BCUT2D eigenvalue weighted by atomic mass is 127. The van der Waals surface area contributed by atoms with Crippen molar-refractivity contribution in [1.29, 1.82) is 0 Å². The molecule has 3 heterocycles. The molecule has 2 aliphatic heterocycles. The highest BCUT2D eigenvalue weighted by Crippen LogP contribution is 2.35. The van der Waals surface area contributed by atoms with E-state index in [1.807, 2.05) is 0 Å². The van der Waals surface area contributed by atoms with Crippen LogP contribution >= 0.6 is 22.9 Å². The fraction of sp³-hybridized carbons (Fsp3) is 0.556. The van der Waals surface area contributed by atoms with Crippen LogP contribution in [0, 0.1) is 0 Å². The van der Waals surface area contributed by atoms with Gasteiger partial charge in [0.1, 0.15) is 0 Å². The minimum absolute atomic E-state index is 0.267. The maximum absolute atomic E-state index is 3.64. The molecule has 2 aliphatic rings. The van der Waals surface area contributed by atoms with Crippen molar-refractivity contribution in [3.63, 3.8) is 0 Å². The van der Waals surface area contributed by atoms with Crippen molar-refractivity contribution in [2.45, 2.75) is 12.1 Å². The van der Waals surface area contributed by atoms with Crippen molar-refractivity contribution in [2.24, 2.45) is 0 Å². The molecule has 0 radical (unpaired) electrons. The molecule has 13 heavy (non-hydrogen) atoms. The average molecular weight is 289 g/mol. The summed E-state index contributed by atoms with van der Waals surface area (Å²) in [4.78, 5) is 0. The van der Waals surface area contributed by atoms with Crippen molar-refractivity contribution in [2.75, 3.05) is 19.6 Å². The van der Waals surface area contributed by atoms with Crippen molar-refractivity contribution >= 4 is 22.9 Å². The number of nitrogens with zero attached hydrogens (tertiary/aromatic N) is 2. The van der Waals surface area contributed by atoms with Crippen LogP contribution in [0.3, 0.4) is 0 Å². The van der Waals surface area contributed by atoms with Crippen LogP contribution in [0.2, 0.25) is 0 Å². The molecule has 1 aromatic heterocycles. The predicted molar refractivity (Wildman–Crippen MR) is 59.7 cm³/mol. The smallest absolute Gasteiger partial charge is 0.0862 e. The fourth-order valence-corrected chi connectivity index (χ4v) is 3.53. The Morgan fingerprint density at radius 3 is 3.08 bits per heavy atom. The Kier molecular flexibility index (Phi) is 1.72. The van der Waals surface area contributed by atoms with E-state index in [4.69, 9.17) is 0 Å². The molecule has 1 aromatic rings. The summed E-state index contributed by atoms with van der Waals surface area (Å²) in [5, 5.41) is 3.64. The van der Waals surface area contributed by atoms with Crippen LogP contribution in [0.15, 0.2) is 18.3 Å². The number of halogens is 1. The molecular formula is C9H12IN3. The molecule has 0 aromatic carbocycles. The molecule has 0 atom stereocenters. The van der Waals surface area contributed by atoms with Gasteiger partial charge in [-0.05, 0) is 12.1 Å². The van der Waals surface area contributed by atoms with Crippen LogP contribution in [0.25, 0.3) is 0 Å². The third-order valence-electron chi connectivity index (χ3n) is 3.02. The molecule has 0 unspecified atom stereocenters. The summed E-state index contributed by atoms with van der Waals surface area (Å²) in [5.41, 5.74) is 1.73. The Balaban J connectivity index is 2.01. The molecule has 3 rings (SSSR count). The second-order valence-corrected chi connectivity index (χ2v) is 5.24. The standard InChI is InChI=1S/C9H12IN3/c10-13-6-9(7-13)8-2-1-4-12(8)5-3-11-9/h1-2,4,11H,3,5-7H2. The van der Waals surface area contributed by atoms with Gasteiger partial charge in [-0.25, -0.2) is 3.11 Å². The quantitative estimate of drug-likeness (QED) is 0.567. The lowest BCUT2D eigenvalue weighted by atomic mass is 9.87. The number of fused-ring (bicyclic) bond motifs is 2. The summed E-state index contributed by atoms with van der Waals surface area (Å²) < 4.78 is 4.70. The van der Waals surface area contributed by atoms with Gasteiger partial charge in [0.05, 0.1) is 5.54 Å². The van der Waals surface area contributed by atoms with Gasteiger partial charge in [0.2, 0.25) is 0 Å². The molecule has 0 bridgehead atoms. The van der Waals surface area contributed by atoms with Gasteiger partial charge >= 0.3 is 0 Å². The maximum atomic E-state index is 3.64. The minimum Gasteiger partial charge on any atom is -0.348 e. The van der Waals surface area contributed by atoms with Crippen molar-refractivity contribution < 1.29 is 0 Å². The third-order valence-corrected chi connectivity index (χ3v) is 3.70.